The van der Waals surface area contributed by atoms with Crippen LogP contribution in [0.2, 0.25) is 0 Å². The predicted molar refractivity (Wildman–Crippen MR) is 74.6 cm³/mol. The Labute approximate surface area is 112 Å². The number of nitrogens with zero attached hydrogens (tertiary/aromatic N) is 4. The molecule has 0 aliphatic carbocycles. The highest BCUT2D eigenvalue weighted by molar-refractivity contribution is 7.90. The van der Waals surface area contributed by atoms with Gasteiger partial charge in [-0.1, -0.05) is 13.3 Å². The highest BCUT2D eigenvalue weighted by Crippen LogP contribution is 2.21. The summed E-state index contributed by atoms with van der Waals surface area (Å²) in [5, 5.41) is 4.41. The lowest BCUT2D eigenvalue weighted by Crippen LogP contribution is -2.14. The number of nitrogens with two attached hydrogens (primary N) is 1. The fourth-order valence-electron chi connectivity index (χ4n) is 2.14. The minimum atomic E-state index is -3.04. The van der Waals surface area contributed by atoms with E-state index in [2.05, 4.69) is 17.0 Å². The second-order valence-electron chi connectivity index (χ2n) is 4.74. The van der Waals surface area contributed by atoms with Gasteiger partial charge >= 0.3 is 0 Å². The maximum absolute atomic E-state index is 11.3. The minimum Gasteiger partial charge on any atom is -0.369 e. The maximum Gasteiger partial charge on any atom is 0.202 e. The summed E-state index contributed by atoms with van der Waals surface area (Å²) in [6.45, 7) is 2.37. The number of aromatic nitrogens is 4. The number of imidazole rings is 1. The van der Waals surface area contributed by atoms with Crippen LogP contribution in [0.3, 0.4) is 0 Å². The van der Waals surface area contributed by atoms with E-state index in [9.17, 15) is 8.42 Å². The van der Waals surface area contributed by atoms with Gasteiger partial charge in [-0.15, -0.1) is 0 Å². The predicted octanol–water partition coefficient (Wildman–Crippen LogP) is 0.349. The molecule has 2 rings (SSSR count). The van der Waals surface area contributed by atoms with Crippen molar-refractivity contribution >= 4 is 26.9 Å². The fourth-order valence-corrected chi connectivity index (χ4v) is 2.66. The zero-order valence-corrected chi connectivity index (χ0v) is 12.2. The molecule has 0 amide bonds. The van der Waals surface area contributed by atoms with Gasteiger partial charge in [0, 0.05) is 19.8 Å². The summed E-state index contributed by atoms with van der Waals surface area (Å²) in [6, 6.07) is 0. The van der Waals surface area contributed by atoms with Crippen LogP contribution in [-0.4, -0.2) is 39.8 Å². The topological polar surface area (TPSA) is 95.8 Å². The molecule has 0 fully saturated rings. The molecule has 0 saturated carbocycles. The van der Waals surface area contributed by atoms with Crippen molar-refractivity contribution in [2.24, 2.45) is 7.05 Å². The third kappa shape index (κ3) is 2.73. The lowest BCUT2D eigenvalue weighted by molar-refractivity contribution is 0.595. The molecular weight excluding hydrogens is 266 g/mol. The molecule has 0 aromatic carbocycles. The van der Waals surface area contributed by atoms with E-state index < -0.39 is 9.84 Å². The van der Waals surface area contributed by atoms with Gasteiger partial charge in [-0.2, -0.15) is 5.10 Å². The number of nitrogen functional groups attached to an aromatic ring is 1. The summed E-state index contributed by atoms with van der Waals surface area (Å²) in [4.78, 5) is 4.32. The fraction of sp³-hybridized carbons (Fsp3) is 0.636. The van der Waals surface area contributed by atoms with Crippen molar-refractivity contribution in [3.63, 3.8) is 0 Å². The third-order valence-electron chi connectivity index (χ3n) is 2.99. The van der Waals surface area contributed by atoms with Crippen molar-refractivity contribution in [3.8, 4) is 0 Å². The summed E-state index contributed by atoms with van der Waals surface area (Å²) in [5.74, 6) is 0.376. The molecule has 0 unspecified atom stereocenters. The first kappa shape index (κ1) is 13.9. The van der Waals surface area contributed by atoms with Crippen molar-refractivity contribution in [3.05, 3.63) is 5.69 Å². The molecule has 0 radical (unpaired) electrons. The second kappa shape index (κ2) is 4.84. The summed E-state index contributed by atoms with van der Waals surface area (Å²) >= 11 is 0. The van der Waals surface area contributed by atoms with E-state index in [1.165, 1.54) is 6.26 Å². The highest BCUT2D eigenvalue weighted by Gasteiger charge is 2.18. The van der Waals surface area contributed by atoms with Crippen LogP contribution in [0.15, 0.2) is 0 Å². The van der Waals surface area contributed by atoms with Crippen LogP contribution in [0.25, 0.3) is 11.2 Å². The molecule has 0 aliphatic heterocycles. The monoisotopic (exact) mass is 285 g/mol. The average Bonchev–Trinajstić information content (AvgIpc) is 2.75. The molecule has 2 heterocycles. The highest BCUT2D eigenvalue weighted by atomic mass is 32.2. The smallest absolute Gasteiger partial charge is 0.202 e. The van der Waals surface area contributed by atoms with Crippen molar-refractivity contribution < 1.29 is 8.42 Å². The lowest BCUT2D eigenvalue weighted by Gasteiger charge is -2.05. The number of sulfone groups is 1. The van der Waals surface area contributed by atoms with Gasteiger partial charge in [0.25, 0.3) is 0 Å². The van der Waals surface area contributed by atoms with Crippen LogP contribution in [0.1, 0.15) is 19.0 Å². The number of anilines is 1. The number of rotatable bonds is 5. The Kier molecular flexibility index (Phi) is 3.53. The Hall–Kier alpha value is -1.57. The summed E-state index contributed by atoms with van der Waals surface area (Å²) in [7, 11) is -1.22. The number of hydrogen-bond acceptors (Lipinski definition) is 5. The van der Waals surface area contributed by atoms with Crippen LogP contribution in [0.5, 0.6) is 0 Å². The van der Waals surface area contributed by atoms with E-state index in [4.69, 9.17) is 5.73 Å². The molecule has 2 aromatic rings. The van der Waals surface area contributed by atoms with Crippen LogP contribution in [0, 0.1) is 0 Å². The third-order valence-corrected chi connectivity index (χ3v) is 3.92. The molecule has 0 spiro atoms. The molecule has 0 bridgehead atoms. The number of hydrogen-bond donors (Lipinski definition) is 1. The molecule has 0 aliphatic rings. The van der Waals surface area contributed by atoms with Gasteiger partial charge in [-0.05, 0) is 6.42 Å². The zero-order valence-electron chi connectivity index (χ0n) is 11.4. The minimum absolute atomic E-state index is 0.0386. The average molecular weight is 285 g/mol. The molecule has 7 nitrogen and oxygen atoms in total. The van der Waals surface area contributed by atoms with E-state index in [0.717, 1.165) is 29.7 Å². The molecule has 0 saturated heterocycles. The molecular formula is C11H19N5O2S. The van der Waals surface area contributed by atoms with Gasteiger partial charge in [0.1, 0.15) is 15.4 Å². The second-order valence-corrected chi connectivity index (χ2v) is 7.00. The first-order chi connectivity index (χ1) is 8.83. The van der Waals surface area contributed by atoms with Gasteiger partial charge < -0.3 is 5.73 Å². The van der Waals surface area contributed by atoms with Gasteiger partial charge in [0.05, 0.1) is 11.4 Å². The van der Waals surface area contributed by atoms with E-state index >= 15 is 0 Å². The number of fused-ring (bicyclic) bond motifs is 1. The molecule has 2 N–H and O–H groups in total. The largest absolute Gasteiger partial charge is 0.369 e. The van der Waals surface area contributed by atoms with E-state index in [1.807, 2.05) is 7.05 Å². The van der Waals surface area contributed by atoms with Gasteiger partial charge in [-0.25, -0.2) is 13.4 Å². The molecule has 2 aromatic heterocycles. The first-order valence-corrected chi connectivity index (χ1v) is 8.25. The normalized spacial score (nSPS) is 12.4. The van der Waals surface area contributed by atoms with Crippen LogP contribution in [0.4, 0.5) is 5.95 Å². The van der Waals surface area contributed by atoms with Crippen molar-refractivity contribution in [1.82, 2.24) is 19.3 Å². The van der Waals surface area contributed by atoms with Gasteiger partial charge in [0.2, 0.25) is 5.95 Å². The quantitative estimate of drug-likeness (QED) is 0.855. The summed E-state index contributed by atoms with van der Waals surface area (Å²) < 4.78 is 26.0. The van der Waals surface area contributed by atoms with Crippen LogP contribution < -0.4 is 5.73 Å². The van der Waals surface area contributed by atoms with Crippen LogP contribution >= 0.6 is 0 Å². The Morgan fingerprint density at radius 2 is 2.05 bits per heavy atom. The SMILES string of the molecule is CCCc1nn(C)c2c1nc(N)n2CCS(C)(=O)=O. The molecule has 0 atom stereocenters. The van der Waals surface area contributed by atoms with Crippen molar-refractivity contribution in [1.29, 1.82) is 0 Å². The maximum atomic E-state index is 11.3. The van der Waals surface area contributed by atoms with Crippen LogP contribution in [-0.2, 0) is 29.9 Å². The molecule has 106 valence electrons. The standard InChI is InChI=1S/C11H19N5O2S/c1-4-5-8-9-10(15(2)14-8)16(11(12)13-9)6-7-19(3,17)18/h4-7H2,1-3H3,(H2,12,13). The Morgan fingerprint density at radius 1 is 1.37 bits per heavy atom. The Bertz CT molecular complexity index is 698. The first-order valence-electron chi connectivity index (χ1n) is 6.18. The van der Waals surface area contributed by atoms with E-state index in [0.29, 0.717) is 12.5 Å². The zero-order chi connectivity index (χ0) is 14.2. The van der Waals surface area contributed by atoms with E-state index in [-0.39, 0.29) is 5.75 Å². The number of aryl methyl sites for hydroxylation is 3. The van der Waals surface area contributed by atoms with Gasteiger partial charge in [0.15, 0.2) is 5.65 Å². The van der Waals surface area contributed by atoms with Gasteiger partial charge in [-0.3, -0.25) is 9.25 Å². The lowest BCUT2D eigenvalue weighted by atomic mass is 10.2. The molecule has 19 heavy (non-hydrogen) atoms. The Morgan fingerprint density at radius 3 is 2.63 bits per heavy atom. The van der Waals surface area contributed by atoms with E-state index in [1.54, 1.807) is 9.25 Å². The Balaban J connectivity index is 2.46. The summed E-state index contributed by atoms with van der Waals surface area (Å²) in [6.07, 6.45) is 3.02. The molecule has 8 heteroatoms. The van der Waals surface area contributed by atoms with Crippen molar-refractivity contribution in [2.45, 2.75) is 26.3 Å². The van der Waals surface area contributed by atoms with Crippen molar-refractivity contribution in [2.75, 3.05) is 17.7 Å². The summed E-state index contributed by atoms with van der Waals surface area (Å²) in [5.41, 5.74) is 8.34.